The zero-order valence-corrected chi connectivity index (χ0v) is 10.9. The predicted octanol–water partition coefficient (Wildman–Crippen LogP) is 2.01. The van der Waals surface area contributed by atoms with Gasteiger partial charge in [0.2, 0.25) is 0 Å². The second-order valence-electron chi connectivity index (χ2n) is 4.25. The number of anilines is 1. The third kappa shape index (κ3) is 3.52. The Bertz CT molecular complexity index is 682. The lowest BCUT2D eigenvalue weighted by atomic mass is 10.1. The summed E-state index contributed by atoms with van der Waals surface area (Å²) in [5, 5.41) is 32.5. The molecule has 0 spiro atoms. The van der Waals surface area contributed by atoms with E-state index < -0.39 is 11.0 Å². The van der Waals surface area contributed by atoms with Crippen molar-refractivity contribution in [1.29, 1.82) is 5.26 Å². The van der Waals surface area contributed by atoms with E-state index in [0.717, 1.165) is 0 Å². The average molecular weight is 284 g/mol. The molecule has 1 heterocycles. The molecule has 0 bridgehead atoms. The minimum absolute atomic E-state index is 0.0732. The molecule has 7 heteroatoms. The van der Waals surface area contributed by atoms with Crippen molar-refractivity contribution in [2.45, 2.75) is 6.10 Å². The van der Waals surface area contributed by atoms with Gasteiger partial charge in [-0.2, -0.15) is 5.26 Å². The van der Waals surface area contributed by atoms with E-state index in [1.54, 1.807) is 24.4 Å². The first kappa shape index (κ1) is 14.4. The lowest BCUT2D eigenvalue weighted by Gasteiger charge is -2.12. The summed E-state index contributed by atoms with van der Waals surface area (Å²) < 4.78 is 0. The van der Waals surface area contributed by atoms with Gasteiger partial charge < -0.3 is 10.4 Å². The van der Waals surface area contributed by atoms with Gasteiger partial charge in [-0.1, -0.05) is 6.07 Å². The van der Waals surface area contributed by atoms with E-state index in [4.69, 9.17) is 5.26 Å². The standard InChI is InChI=1S/C14H12N4O3/c15-8-10-4-5-11(13(7-10)18(20)21)17-9-14(19)12-3-1-2-6-16-12/h1-7,14,17,19H,9H2. The minimum Gasteiger partial charge on any atom is -0.385 e. The highest BCUT2D eigenvalue weighted by molar-refractivity contribution is 5.64. The number of hydrogen-bond acceptors (Lipinski definition) is 6. The number of aliphatic hydroxyl groups excluding tert-OH is 1. The van der Waals surface area contributed by atoms with Gasteiger partial charge in [0.25, 0.3) is 5.69 Å². The third-order valence-corrected chi connectivity index (χ3v) is 2.84. The Morgan fingerprint density at radius 2 is 2.24 bits per heavy atom. The normalized spacial score (nSPS) is 11.4. The molecule has 2 rings (SSSR count). The van der Waals surface area contributed by atoms with Crippen molar-refractivity contribution in [3.63, 3.8) is 0 Å². The number of rotatable bonds is 5. The van der Waals surface area contributed by atoms with Crippen LogP contribution in [0.25, 0.3) is 0 Å². The maximum Gasteiger partial charge on any atom is 0.293 e. The van der Waals surface area contributed by atoms with Crippen LogP contribution in [0.3, 0.4) is 0 Å². The van der Waals surface area contributed by atoms with Crippen molar-refractivity contribution in [2.75, 3.05) is 11.9 Å². The first-order valence-electron chi connectivity index (χ1n) is 6.13. The summed E-state index contributed by atoms with van der Waals surface area (Å²) in [5.74, 6) is 0. The smallest absolute Gasteiger partial charge is 0.293 e. The number of nitro groups is 1. The van der Waals surface area contributed by atoms with E-state index in [-0.39, 0.29) is 23.5 Å². The van der Waals surface area contributed by atoms with Gasteiger partial charge in [0.05, 0.1) is 22.2 Å². The molecule has 0 aliphatic carbocycles. The molecule has 0 radical (unpaired) electrons. The summed E-state index contributed by atoms with van der Waals surface area (Å²) in [6.45, 7) is 0.0732. The van der Waals surface area contributed by atoms with Crippen LogP contribution >= 0.6 is 0 Å². The van der Waals surface area contributed by atoms with Gasteiger partial charge in [-0.15, -0.1) is 0 Å². The molecule has 106 valence electrons. The van der Waals surface area contributed by atoms with E-state index in [0.29, 0.717) is 5.69 Å². The van der Waals surface area contributed by atoms with Gasteiger partial charge in [0.15, 0.2) is 0 Å². The van der Waals surface area contributed by atoms with Crippen LogP contribution in [-0.4, -0.2) is 21.6 Å². The Morgan fingerprint density at radius 1 is 1.43 bits per heavy atom. The second kappa shape index (κ2) is 6.45. The largest absolute Gasteiger partial charge is 0.385 e. The fraction of sp³-hybridized carbons (Fsp3) is 0.143. The molecule has 2 N–H and O–H groups in total. The number of nitro benzene ring substituents is 1. The summed E-state index contributed by atoms with van der Waals surface area (Å²) in [5.41, 5.74) is 0.718. The van der Waals surface area contributed by atoms with Gasteiger partial charge in [-0.05, 0) is 24.3 Å². The highest BCUT2D eigenvalue weighted by Crippen LogP contribution is 2.26. The summed E-state index contributed by atoms with van der Waals surface area (Å²) in [7, 11) is 0. The maximum absolute atomic E-state index is 11.0. The molecule has 1 atom stereocenters. The molecule has 0 aliphatic rings. The molecule has 0 saturated carbocycles. The van der Waals surface area contributed by atoms with Gasteiger partial charge in [-0.25, -0.2) is 0 Å². The maximum atomic E-state index is 11.0. The first-order valence-corrected chi connectivity index (χ1v) is 6.13. The predicted molar refractivity (Wildman–Crippen MR) is 75.5 cm³/mol. The quantitative estimate of drug-likeness (QED) is 0.641. The molecular formula is C14H12N4O3. The number of aliphatic hydroxyl groups is 1. The topological polar surface area (TPSA) is 112 Å². The number of nitrogens with zero attached hydrogens (tertiary/aromatic N) is 3. The molecule has 2 aromatic rings. The molecule has 1 aromatic carbocycles. The Labute approximate surface area is 120 Å². The van der Waals surface area contributed by atoms with Crippen LogP contribution in [-0.2, 0) is 0 Å². The molecule has 21 heavy (non-hydrogen) atoms. The van der Waals surface area contributed by atoms with Crippen LogP contribution in [0.5, 0.6) is 0 Å². The van der Waals surface area contributed by atoms with Gasteiger partial charge >= 0.3 is 0 Å². The molecule has 0 fully saturated rings. The summed E-state index contributed by atoms with van der Waals surface area (Å²) in [6.07, 6.45) is 0.671. The Morgan fingerprint density at radius 3 is 2.86 bits per heavy atom. The molecule has 1 unspecified atom stereocenters. The Kier molecular flexibility index (Phi) is 4.43. The second-order valence-corrected chi connectivity index (χ2v) is 4.25. The van der Waals surface area contributed by atoms with Crippen molar-refractivity contribution in [3.05, 3.63) is 64.0 Å². The van der Waals surface area contributed by atoms with E-state index in [9.17, 15) is 15.2 Å². The zero-order chi connectivity index (χ0) is 15.2. The molecular weight excluding hydrogens is 272 g/mol. The van der Waals surface area contributed by atoms with Crippen molar-refractivity contribution in [1.82, 2.24) is 4.98 Å². The highest BCUT2D eigenvalue weighted by Gasteiger charge is 2.16. The van der Waals surface area contributed by atoms with E-state index in [1.165, 1.54) is 18.2 Å². The lowest BCUT2D eigenvalue weighted by Crippen LogP contribution is -2.14. The first-order chi connectivity index (χ1) is 10.1. The van der Waals surface area contributed by atoms with E-state index in [1.807, 2.05) is 6.07 Å². The van der Waals surface area contributed by atoms with E-state index in [2.05, 4.69) is 10.3 Å². The molecule has 0 saturated heterocycles. The van der Waals surface area contributed by atoms with Gasteiger partial charge in [0, 0.05) is 18.8 Å². The van der Waals surface area contributed by atoms with Crippen LogP contribution < -0.4 is 5.32 Å². The third-order valence-electron chi connectivity index (χ3n) is 2.84. The van der Waals surface area contributed by atoms with Crippen LogP contribution in [0, 0.1) is 21.4 Å². The molecule has 1 aromatic heterocycles. The number of aromatic nitrogens is 1. The van der Waals surface area contributed by atoms with Crippen LogP contribution in [0.1, 0.15) is 17.4 Å². The SMILES string of the molecule is N#Cc1ccc(NCC(O)c2ccccn2)c([N+](=O)[O-])c1. The van der Waals surface area contributed by atoms with Crippen LogP contribution in [0.15, 0.2) is 42.6 Å². The zero-order valence-electron chi connectivity index (χ0n) is 10.9. The van der Waals surface area contributed by atoms with Crippen LogP contribution in [0.4, 0.5) is 11.4 Å². The van der Waals surface area contributed by atoms with Crippen molar-refractivity contribution in [2.24, 2.45) is 0 Å². The van der Waals surface area contributed by atoms with Crippen molar-refractivity contribution >= 4 is 11.4 Å². The Balaban J connectivity index is 2.13. The monoisotopic (exact) mass is 284 g/mol. The molecule has 7 nitrogen and oxygen atoms in total. The number of nitrogens with one attached hydrogen (secondary N) is 1. The highest BCUT2D eigenvalue weighted by atomic mass is 16.6. The fourth-order valence-corrected chi connectivity index (χ4v) is 1.79. The fourth-order valence-electron chi connectivity index (χ4n) is 1.79. The summed E-state index contributed by atoms with van der Waals surface area (Å²) in [6, 6.07) is 11.1. The van der Waals surface area contributed by atoms with Gasteiger partial charge in [-0.3, -0.25) is 15.1 Å². The summed E-state index contributed by atoms with van der Waals surface area (Å²) >= 11 is 0. The number of hydrogen-bond donors (Lipinski definition) is 2. The Hall–Kier alpha value is -2.98. The molecule has 0 aliphatic heterocycles. The van der Waals surface area contributed by atoms with Crippen LogP contribution in [0.2, 0.25) is 0 Å². The van der Waals surface area contributed by atoms with E-state index >= 15 is 0 Å². The number of nitriles is 1. The average Bonchev–Trinajstić information content (AvgIpc) is 2.53. The number of benzene rings is 1. The van der Waals surface area contributed by atoms with Crippen molar-refractivity contribution in [3.8, 4) is 6.07 Å². The minimum atomic E-state index is -0.888. The van der Waals surface area contributed by atoms with Crippen molar-refractivity contribution < 1.29 is 10.0 Å². The summed E-state index contributed by atoms with van der Waals surface area (Å²) in [4.78, 5) is 14.4. The molecule has 0 amide bonds. The van der Waals surface area contributed by atoms with Gasteiger partial charge in [0.1, 0.15) is 11.8 Å². The lowest BCUT2D eigenvalue weighted by molar-refractivity contribution is -0.384. The number of pyridine rings is 1.